The maximum atomic E-state index is 13.5. The minimum Gasteiger partial charge on any atom is -0.504 e. The van der Waals surface area contributed by atoms with Gasteiger partial charge in [0.25, 0.3) is 0 Å². The van der Waals surface area contributed by atoms with Gasteiger partial charge >= 0.3 is 5.97 Å². The molecule has 0 amide bonds. The van der Waals surface area contributed by atoms with E-state index in [2.05, 4.69) is 13.8 Å². The molecule has 0 radical (unpaired) electrons. The number of ketones is 1. The molecule has 4 aliphatic rings. The van der Waals surface area contributed by atoms with Gasteiger partial charge in [-0.1, -0.05) is 40.5 Å². The van der Waals surface area contributed by atoms with Gasteiger partial charge in [0.05, 0.1) is 12.3 Å². The average Bonchev–Trinajstić information content (AvgIpc) is 3.05. The fraction of sp³-hybridized carbons (Fsp3) is 0.852. The van der Waals surface area contributed by atoms with Crippen molar-refractivity contribution < 1.29 is 43.5 Å². The molecule has 9 nitrogen and oxygen atoms in total. The Bertz CT molecular complexity index is 902. The number of aliphatic hydroxyl groups excluding tert-OH is 1. The Morgan fingerprint density at radius 1 is 1.08 bits per heavy atom. The second-order valence-corrected chi connectivity index (χ2v) is 11.2. The molecule has 0 aromatic carbocycles. The van der Waals surface area contributed by atoms with E-state index in [4.69, 9.17) is 23.7 Å². The van der Waals surface area contributed by atoms with E-state index in [1.165, 1.54) is 6.92 Å². The van der Waals surface area contributed by atoms with Gasteiger partial charge < -0.3 is 33.9 Å². The average molecular weight is 511 g/mol. The predicted molar refractivity (Wildman–Crippen MR) is 129 cm³/mol. The first-order valence-corrected chi connectivity index (χ1v) is 13.4. The van der Waals surface area contributed by atoms with E-state index in [9.17, 15) is 19.8 Å². The third-order valence-electron chi connectivity index (χ3n) is 9.23. The number of fused-ring (bicyclic) bond motifs is 2. The molecule has 4 rings (SSSR count). The van der Waals surface area contributed by atoms with Crippen molar-refractivity contribution in [1.29, 1.82) is 0 Å². The van der Waals surface area contributed by atoms with Gasteiger partial charge in [-0.15, -0.1) is 0 Å². The van der Waals surface area contributed by atoms with E-state index < -0.39 is 51.8 Å². The zero-order valence-electron chi connectivity index (χ0n) is 22.3. The number of rotatable bonds is 12. The van der Waals surface area contributed by atoms with Crippen molar-refractivity contribution >= 4 is 11.8 Å². The molecule has 6 unspecified atom stereocenters. The Morgan fingerprint density at radius 3 is 2.36 bits per heavy atom. The van der Waals surface area contributed by atoms with Gasteiger partial charge in [-0.3, -0.25) is 9.59 Å². The fourth-order valence-corrected chi connectivity index (χ4v) is 7.50. The smallest absolute Gasteiger partial charge is 0.307 e. The normalized spacial score (nSPS) is 41.4. The lowest BCUT2D eigenvalue weighted by molar-refractivity contribution is -0.345. The number of ether oxygens (including phenoxy) is 5. The number of aliphatic hydroxyl groups is 2. The van der Waals surface area contributed by atoms with Gasteiger partial charge in [-0.25, -0.2) is 0 Å². The van der Waals surface area contributed by atoms with Crippen molar-refractivity contribution in [3.05, 3.63) is 11.3 Å². The van der Waals surface area contributed by atoms with Crippen molar-refractivity contribution in [3.63, 3.8) is 0 Å². The van der Waals surface area contributed by atoms with Crippen LogP contribution in [0.1, 0.15) is 79.6 Å². The highest BCUT2D eigenvalue weighted by molar-refractivity contribution is 6.03. The number of unbranched alkanes of at least 4 members (excludes halogenated alkanes) is 2. The maximum Gasteiger partial charge on any atom is 0.307 e. The SMILES string of the molecule is CCCCOCOC1C(C)CCC2(OCOCCCC)C3(C)CC(=O)OC12C1(O)C(C)=C(O)C(=O)[C@H]31. The summed E-state index contributed by atoms with van der Waals surface area (Å²) in [5.74, 6) is -2.87. The quantitative estimate of drug-likeness (QED) is 0.231. The number of allylic oxidation sites excluding steroid dienone is 1. The van der Waals surface area contributed by atoms with E-state index in [0.717, 1.165) is 25.7 Å². The van der Waals surface area contributed by atoms with E-state index in [0.29, 0.717) is 26.1 Å². The van der Waals surface area contributed by atoms with Crippen LogP contribution in [0, 0.1) is 17.3 Å². The van der Waals surface area contributed by atoms with E-state index in [-0.39, 0.29) is 31.5 Å². The summed E-state index contributed by atoms with van der Waals surface area (Å²) in [5, 5.41) is 23.3. The van der Waals surface area contributed by atoms with Gasteiger partial charge in [0.1, 0.15) is 30.9 Å². The Kier molecular flexibility index (Phi) is 7.63. The molecule has 204 valence electrons. The van der Waals surface area contributed by atoms with Crippen LogP contribution in [0.25, 0.3) is 0 Å². The van der Waals surface area contributed by atoms with Crippen molar-refractivity contribution in [2.45, 2.75) is 102 Å². The summed E-state index contributed by atoms with van der Waals surface area (Å²) >= 11 is 0. The van der Waals surface area contributed by atoms with Gasteiger partial charge in [0.15, 0.2) is 5.76 Å². The number of hydrogen-bond donors (Lipinski definition) is 2. The number of hydrogen-bond acceptors (Lipinski definition) is 9. The number of Topliss-reactive ketones (excluding diaryl/α,β-unsaturated/α-hetero) is 1. The first-order chi connectivity index (χ1) is 17.1. The van der Waals surface area contributed by atoms with Crippen LogP contribution in [-0.2, 0) is 33.3 Å². The van der Waals surface area contributed by atoms with Crippen LogP contribution in [0.15, 0.2) is 11.3 Å². The topological polar surface area (TPSA) is 121 Å². The van der Waals surface area contributed by atoms with Crippen LogP contribution in [0.2, 0.25) is 0 Å². The Balaban J connectivity index is 1.83. The van der Waals surface area contributed by atoms with E-state index in [1.807, 2.05) is 6.92 Å². The third kappa shape index (κ3) is 3.46. The molecule has 0 aromatic rings. The van der Waals surface area contributed by atoms with Crippen LogP contribution < -0.4 is 0 Å². The minimum atomic E-state index is -2.00. The lowest BCUT2D eigenvalue weighted by Crippen LogP contribution is -2.78. The summed E-state index contributed by atoms with van der Waals surface area (Å²) in [7, 11) is 0. The zero-order chi connectivity index (χ0) is 26.4. The summed E-state index contributed by atoms with van der Waals surface area (Å²) in [6.45, 7) is 10.3. The number of carbonyl (C=O) groups is 2. The molecule has 1 aliphatic heterocycles. The lowest BCUT2D eigenvalue weighted by Gasteiger charge is -2.62. The molecule has 0 aromatic heterocycles. The zero-order valence-corrected chi connectivity index (χ0v) is 22.3. The molecule has 3 aliphatic carbocycles. The second kappa shape index (κ2) is 9.98. The molecule has 1 saturated heterocycles. The van der Waals surface area contributed by atoms with Crippen LogP contribution in [0.4, 0.5) is 0 Å². The molecule has 2 bridgehead atoms. The van der Waals surface area contributed by atoms with E-state index in [1.54, 1.807) is 6.92 Å². The lowest BCUT2D eigenvalue weighted by atomic mass is 9.55. The predicted octanol–water partition coefficient (Wildman–Crippen LogP) is 3.57. The molecule has 1 heterocycles. The molecule has 2 N–H and O–H groups in total. The largest absolute Gasteiger partial charge is 0.504 e. The molecular formula is C27H42O9. The Hall–Kier alpha value is -1.52. The Labute approximate surface area is 213 Å². The van der Waals surface area contributed by atoms with Gasteiger partial charge in [0.2, 0.25) is 11.4 Å². The van der Waals surface area contributed by atoms with Gasteiger partial charge in [-0.05, 0) is 38.5 Å². The van der Waals surface area contributed by atoms with Crippen LogP contribution >= 0.6 is 0 Å². The van der Waals surface area contributed by atoms with Crippen LogP contribution in [0.5, 0.6) is 0 Å². The molecule has 2 saturated carbocycles. The molecule has 9 heteroatoms. The van der Waals surface area contributed by atoms with Gasteiger partial charge in [-0.2, -0.15) is 0 Å². The molecule has 0 spiro atoms. The molecule has 7 atom stereocenters. The summed E-state index contributed by atoms with van der Waals surface area (Å²) in [6.07, 6.45) is 3.82. The standard InChI is InChI=1S/C27H42O9/c1-6-8-12-32-15-34-23-17(3)10-11-25(35-16-33-13-9-7-2)24(5)14-19(28)36-27(23,25)26(31)18(4)20(29)21(30)22(24)26/h17,22-23,29,31H,6-16H2,1-5H3/t17?,22-,23?,24?,25?,26?,27?/m1/s1. The number of esters is 1. The number of carbonyl (C=O) groups excluding carboxylic acids is 2. The Morgan fingerprint density at radius 2 is 1.72 bits per heavy atom. The van der Waals surface area contributed by atoms with Crippen molar-refractivity contribution in [2.75, 3.05) is 26.8 Å². The van der Waals surface area contributed by atoms with Crippen LogP contribution in [0.3, 0.4) is 0 Å². The summed E-state index contributed by atoms with van der Waals surface area (Å²) in [4.78, 5) is 26.7. The monoisotopic (exact) mass is 510 g/mol. The highest BCUT2D eigenvalue weighted by atomic mass is 16.7. The van der Waals surface area contributed by atoms with Gasteiger partial charge in [0, 0.05) is 24.2 Å². The molecule has 3 fully saturated rings. The third-order valence-corrected chi connectivity index (χ3v) is 9.23. The minimum absolute atomic E-state index is 0.0580. The molecular weight excluding hydrogens is 468 g/mol. The molecule has 36 heavy (non-hydrogen) atoms. The highest BCUT2D eigenvalue weighted by Crippen LogP contribution is 2.75. The first-order valence-electron chi connectivity index (χ1n) is 13.4. The summed E-state index contributed by atoms with van der Waals surface area (Å²) < 4.78 is 30.5. The van der Waals surface area contributed by atoms with Crippen LogP contribution in [-0.4, -0.2) is 71.7 Å². The summed E-state index contributed by atoms with van der Waals surface area (Å²) in [5.41, 5.74) is -6.10. The second-order valence-electron chi connectivity index (χ2n) is 11.2. The maximum absolute atomic E-state index is 13.5. The highest BCUT2D eigenvalue weighted by Gasteiger charge is 2.92. The van der Waals surface area contributed by atoms with Crippen molar-refractivity contribution in [2.24, 2.45) is 17.3 Å². The van der Waals surface area contributed by atoms with Crippen molar-refractivity contribution in [3.8, 4) is 0 Å². The van der Waals surface area contributed by atoms with E-state index >= 15 is 0 Å². The fourth-order valence-electron chi connectivity index (χ4n) is 7.50. The summed E-state index contributed by atoms with van der Waals surface area (Å²) in [6, 6.07) is 0. The van der Waals surface area contributed by atoms with Crippen molar-refractivity contribution in [1.82, 2.24) is 0 Å². The first kappa shape index (κ1) is 27.5.